The van der Waals surface area contributed by atoms with Gasteiger partial charge in [-0.3, -0.25) is 14.4 Å². The molecule has 1 aliphatic heterocycles. The zero-order valence-corrected chi connectivity index (χ0v) is 22.3. The van der Waals surface area contributed by atoms with E-state index in [1.807, 2.05) is 32.0 Å². The van der Waals surface area contributed by atoms with Gasteiger partial charge in [-0.25, -0.2) is 4.90 Å². The van der Waals surface area contributed by atoms with E-state index in [1.54, 1.807) is 36.4 Å². The number of benzene rings is 3. The van der Waals surface area contributed by atoms with Crippen molar-refractivity contribution in [2.75, 3.05) is 29.8 Å². The third-order valence-electron chi connectivity index (χ3n) is 6.29. The Morgan fingerprint density at radius 2 is 1.58 bits per heavy atom. The molecule has 3 aromatic carbocycles. The Morgan fingerprint density at radius 3 is 2.21 bits per heavy atom. The number of anilines is 3. The molecule has 0 fully saturated rings. The fourth-order valence-corrected chi connectivity index (χ4v) is 4.49. The molecular weight excluding hydrogens is 506 g/mol. The lowest BCUT2D eigenvalue weighted by Crippen LogP contribution is -2.32. The van der Waals surface area contributed by atoms with Crippen molar-refractivity contribution in [1.29, 1.82) is 0 Å². The minimum absolute atomic E-state index is 0.108. The van der Waals surface area contributed by atoms with Gasteiger partial charge >= 0.3 is 0 Å². The maximum atomic E-state index is 13.3. The summed E-state index contributed by atoms with van der Waals surface area (Å²) in [6.07, 6.45) is 1.56. The summed E-state index contributed by atoms with van der Waals surface area (Å²) in [5, 5.41) is 5.68. The second-order valence-corrected chi connectivity index (χ2v) is 8.87. The van der Waals surface area contributed by atoms with E-state index in [9.17, 15) is 14.4 Å². The van der Waals surface area contributed by atoms with E-state index in [1.165, 1.54) is 20.3 Å². The van der Waals surface area contributed by atoms with Gasteiger partial charge in [-0.15, -0.1) is 0 Å². The summed E-state index contributed by atoms with van der Waals surface area (Å²) in [4.78, 5) is 40.4. The summed E-state index contributed by atoms with van der Waals surface area (Å²) in [6, 6.07) is 17.4. The van der Waals surface area contributed by atoms with Crippen molar-refractivity contribution in [1.82, 2.24) is 0 Å². The van der Waals surface area contributed by atoms with Crippen LogP contribution >= 0.6 is 11.6 Å². The Labute approximate surface area is 226 Å². The van der Waals surface area contributed by atoms with Crippen molar-refractivity contribution >= 4 is 46.4 Å². The molecule has 0 radical (unpaired) electrons. The Morgan fingerprint density at radius 1 is 0.895 bits per heavy atom. The average Bonchev–Trinajstić information content (AvgIpc) is 3.15. The Hall–Kier alpha value is -4.30. The fraction of sp³-hybridized carbons (Fsp3) is 0.207. The van der Waals surface area contributed by atoms with Crippen LogP contribution in [0.15, 0.2) is 71.4 Å². The van der Waals surface area contributed by atoms with Gasteiger partial charge in [0, 0.05) is 23.0 Å². The topological polar surface area (TPSA) is 97.0 Å². The Kier molecular flexibility index (Phi) is 8.02. The zero-order valence-electron chi connectivity index (χ0n) is 21.6. The van der Waals surface area contributed by atoms with Crippen molar-refractivity contribution in [3.8, 4) is 11.5 Å². The number of hydrogen-bond donors (Lipinski definition) is 2. The van der Waals surface area contributed by atoms with E-state index < -0.39 is 11.8 Å². The van der Waals surface area contributed by atoms with Crippen LogP contribution in [0.1, 0.15) is 35.3 Å². The van der Waals surface area contributed by atoms with E-state index in [2.05, 4.69) is 10.6 Å². The largest absolute Gasteiger partial charge is 0.497 e. The van der Waals surface area contributed by atoms with Gasteiger partial charge in [0.2, 0.25) is 0 Å². The third kappa shape index (κ3) is 5.08. The highest BCUT2D eigenvalue weighted by molar-refractivity contribution is 6.53. The van der Waals surface area contributed by atoms with Gasteiger partial charge in [0.05, 0.1) is 19.9 Å². The molecule has 4 rings (SSSR count). The molecule has 3 amide bonds. The number of aryl methyl sites for hydroxylation is 2. The van der Waals surface area contributed by atoms with E-state index in [0.29, 0.717) is 22.7 Å². The Balaban J connectivity index is 1.59. The SMILES string of the molecule is CCc1cccc(CC)c1NC(=O)c1cccc(NC2=C(Cl)C(=O)N(c3cc(OC)ccc3OC)C2=O)c1. The van der Waals surface area contributed by atoms with Crippen molar-refractivity contribution in [3.63, 3.8) is 0 Å². The first-order valence-electron chi connectivity index (χ1n) is 12.1. The number of halogens is 1. The third-order valence-corrected chi connectivity index (χ3v) is 6.64. The molecular formula is C29H28ClN3O5. The number of carbonyl (C=O) groups is 3. The van der Waals surface area contributed by atoms with Crippen molar-refractivity contribution in [2.24, 2.45) is 0 Å². The molecule has 0 bridgehead atoms. The molecule has 0 saturated carbocycles. The average molecular weight is 534 g/mol. The van der Waals surface area contributed by atoms with Gasteiger partial charge in [-0.2, -0.15) is 0 Å². The highest BCUT2D eigenvalue weighted by Crippen LogP contribution is 2.38. The number of methoxy groups -OCH3 is 2. The van der Waals surface area contributed by atoms with Crippen molar-refractivity contribution < 1.29 is 23.9 Å². The molecule has 3 aromatic rings. The molecule has 9 heteroatoms. The van der Waals surface area contributed by atoms with E-state index in [-0.39, 0.29) is 22.3 Å². The second-order valence-electron chi connectivity index (χ2n) is 8.49. The van der Waals surface area contributed by atoms with Crippen LogP contribution in [0.5, 0.6) is 11.5 Å². The molecule has 2 N–H and O–H groups in total. The molecule has 8 nitrogen and oxygen atoms in total. The van der Waals surface area contributed by atoms with Crippen molar-refractivity contribution in [3.05, 3.63) is 88.1 Å². The highest BCUT2D eigenvalue weighted by atomic mass is 35.5. The molecule has 38 heavy (non-hydrogen) atoms. The van der Waals surface area contributed by atoms with Gasteiger partial charge in [-0.05, 0) is 54.3 Å². The molecule has 1 heterocycles. The van der Waals surface area contributed by atoms with Crippen LogP contribution in [0.25, 0.3) is 0 Å². The van der Waals surface area contributed by atoms with Crippen LogP contribution in [0.3, 0.4) is 0 Å². The number of para-hydroxylation sites is 1. The van der Waals surface area contributed by atoms with Crippen LogP contribution < -0.4 is 25.0 Å². The lowest BCUT2D eigenvalue weighted by atomic mass is 10.0. The predicted octanol–water partition coefficient (Wildman–Crippen LogP) is 5.52. The lowest BCUT2D eigenvalue weighted by molar-refractivity contribution is -0.120. The van der Waals surface area contributed by atoms with Crippen LogP contribution in [-0.2, 0) is 22.4 Å². The summed E-state index contributed by atoms with van der Waals surface area (Å²) >= 11 is 6.32. The van der Waals surface area contributed by atoms with Gasteiger partial charge in [0.25, 0.3) is 17.7 Å². The van der Waals surface area contributed by atoms with Crippen molar-refractivity contribution in [2.45, 2.75) is 26.7 Å². The minimum Gasteiger partial charge on any atom is -0.497 e. The molecule has 0 unspecified atom stereocenters. The van der Waals surface area contributed by atoms with E-state index in [4.69, 9.17) is 21.1 Å². The minimum atomic E-state index is -0.706. The lowest BCUT2D eigenvalue weighted by Gasteiger charge is -2.19. The van der Waals surface area contributed by atoms with Crippen LogP contribution in [0.4, 0.5) is 17.1 Å². The predicted molar refractivity (Wildman–Crippen MR) is 148 cm³/mol. The summed E-state index contributed by atoms with van der Waals surface area (Å²) in [6.45, 7) is 4.08. The first kappa shape index (κ1) is 26.8. The summed E-state index contributed by atoms with van der Waals surface area (Å²) in [5.41, 5.74) is 3.80. The number of ether oxygens (including phenoxy) is 2. The maximum absolute atomic E-state index is 13.3. The van der Waals surface area contributed by atoms with Gasteiger partial charge in [0.1, 0.15) is 22.2 Å². The smallest absolute Gasteiger partial charge is 0.283 e. The van der Waals surface area contributed by atoms with Crippen LogP contribution in [0, 0.1) is 0 Å². The Bertz CT molecular complexity index is 1430. The van der Waals surface area contributed by atoms with Crippen LogP contribution in [0.2, 0.25) is 0 Å². The molecule has 196 valence electrons. The number of nitrogens with one attached hydrogen (secondary N) is 2. The second kappa shape index (κ2) is 11.4. The zero-order chi connectivity index (χ0) is 27.4. The molecule has 1 aliphatic rings. The standard InChI is InChI=1S/C29H28ClN3O5/c1-5-17-9-7-10-18(6-2)25(17)32-27(34)19-11-8-12-20(15-19)31-26-24(30)28(35)33(29(26)36)22-16-21(37-3)13-14-23(22)38-4/h7-16,31H,5-6H2,1-4H3,(H,32,34). The number of carbonyl (C=O) groups excluding carboxylic acids is 3. The highest BCUT2D eigenvalue weighted by Gasteiger charge is 2.40. The monoisotopic (exact) mass is 533 g/mol. The number of amides is 3. The molecule has 0 atom stereocenters. The summed E-state index contributed by atoms with van der Waals surface area (Å²) in [5.74, 6) is -0.918. The first-order valence-corrected chi connectivity index (χ1v) is 12.5. The molecule has 0 aliphatic carbocycles. The van der Waals surface area contributed by atoms with Gasteiger partial charge < -0.3 is 20.1 Å². The number of nitrogens with zero attached hydrogens (tertiary/aromatic N) is 1. The number of hydrogen-bond acceptors (Lipinski definition) is 6. The van der Waals surface area contributed by atoms with Gasteiger partial charge in [0.15, 0.2) is 0 Å². The maximum Gasteiger partial charge on any atom is 0.283 e. The summed E-state index contributed by atoms with van der Waals surface area (Å²) < 4.78 is 10.6. The first-order chi connectivity index (χ1) is 18.3. The fourth-order valence-electron chi connectivity index (χ4n) is 4.27. The summed E-state index contributed by atoms with van der Waals surface area (Å²) in [7, 11) is 2.91. The molecule has 0 saturated heterocycles. The van der Waals surface area contributed by atoms with E-state index >= 15 is 0 Å². The van der Waals surface area contributed by atoms with Gasteiger partial charge in [-0.1, -0.05) is 49.7 Å². The molecule has 0 aromatic heterocycles. The van der Waals surface area contributed by atoms with Crippen LogP contribution in [-0.4, -0.2) is 31.9 Å². The normalized spacial score (nSPS) is 13.1. The number of imide groups is 1. The quantitative estimate of drug-likeness (QED) is 0.352. The van der Waals surface area contributed by atoms with E-state index in [0.717, 1.165) is 34.6 Å². The molecule has 0 spiro atoms. The number of rotatable bonds is 9.